The van der Waals surface area contributed by atoms with Crippen LogP contribution in [0.3, 0.4) is 0 Å². The first-order valence-electron chi connectivity index (χ1n) is 7.95. The number of thioether (sulfide) groups is 2. The lowest BCUT2D eigenvalue weighted by molar-refractivity contribution is 0.778. The highest BCUT2D eigenvalue weighted by molar-refractivity contribution is 7.99. The minimum atomic E-state index is 0.708. The van der Waals surface area contributed by atoms with E-state index in [1.807, 2.05) is 35.7 Å². The van der Waals surface area contributed by atoms with Crippen LogP contribution < -0.4 is 9.80 Å². The average molecular weight is 335 g/mol. The third-order valence-electron chi connectivity index (χ3n) is 4.05. The van der Waals surface area contributed by atoms with Crippen molar-refractivity contribution < 1.29 is 0 Å². The lowest BCUT2D eigenvalue weighted by Crippen LogP contribution is -2.30. The van der Waals surface area contributed by atoms with Crippen molar-refractivity contribution in [3.05, 3.63) is 17.7 Å². The molecule has 0 saturated carbocycles. The maximum absolute atomic E-state index is 9.43. The quantitative estimate of drug-likeness (QED) is 0.828. The van der Waals surface area contributed by atoms with Gasteiger partial charge in [0.1, 0.15) is 17.7 Å². The number of nitrogens with zero attached hydrogens (tertiary/aromatic N) is 4. The molecule has 0 aromatic carbocycles. The van der Waals surface area contributed by atoms with E-state index in [9.17, 15) is 5.26 Å². The van der Waals surface area contributed by atoms with Gasteiger partial charge in [0.15, 0.2) is 0 Å². The van der Waals surface area contributed by atoms with Crippen LogP contribution in [0, 0.1) is 11.3 Å². The first-order valence-corrected chi connectivity index (χ1v) is 10.3. The number of hydrogen-bond donors (Lipinski definition) is 0. The van der Waals surface area contributed by atoms with E-state index in [1.165, 1.54) is 24.3 Å². The summed E-state index contributed by atoms with van der Waals surface area (Å²) in [4.78, 5) is 9.56. The van der Waals surface area contributed by atoms with Gasteiger partial charge in [-0.3, -0.25) is 0 Å². The van der Waals surface area contributed by atoms with Crippen molar-refractivity contribution in [2.24, 2.45) is 0 Å². The fraction of sp³-hybridized carbons (Fsp3) is 0.625. The van der Waals surface area contributed by atoms with E-state index in [2.05, 4.69) is 15.9 Å². The largest absolute Gasteiger partial charge is 0.356 e. The van der Waals surface area contributed by atoms with Crippen LogP contribution >= 0.6 is 23.5 Å². The lowest BCUT2D eigenvalue weighted by atomic mass is 10.2. The molecule has 0 unspecified atom stereocenters. The average Bonchev–Trinajstić information content (AvgIpc) is 2.99. The molecule has 2 aliphatic rings. The highest BCUT2D eigenvalue weighted by atomic mass is 32.2. The molecule has 3 rings (SSSR count). The van der Waals surface area contributed by atoms with E-state index in [0.717, 1.165) is 49.3 Å². The van der Waals surface area contributed by atoms with Crippen LogP contribution in [-0.2, 0) is 0 Å². The van der Waals surface area contributed by atoms with E-state index in [0.29, 0.717) is 5.56 Å². The van der Waals surface area contributed by atoms with Crippen molar-refractivity contribution in [3.8, 4) is 6.07 Å². The van der Waals surface area contributed by atoms with Crippen LogP contribution in [-0.4, -0.2) is 54.2 Å². The highest BCUT2D eigenvalue weighted by Gasteiger charge is 2.18. The van der Waals surface area contributed by atoms with Crippen LogP contribution in [0.25, 0.3) is 0 Å². The number of pyridine rings is 1. The minimum Gasteiger partial charge on any atom is -0.356 e. The molecular formula is C16H22N4S2. The normalized spacial score (nSPS) is 20.1. The molecule has 3 heterocycles. The summed E-state index contributed by atoms with van der Waals surface area (Å²) in [7, 11) is 0. The summed E-state index contributed by atoms with van der Waals surface area (Å²) in [5.74, 6) is 6.66. The van der Waals surface area contributed by atoms with E-state index < -0.39 is 0 Å². The Hall–Kier alpha value is -1.06. The second kappa shape index (κ2) is 7.98. The Labute approximate surface area is 141 Å². The van der Waals surface area contributed by atoms with Crippen LogP contribution in [0.1, 0.15) is 18.4 Å². The fourth-order valence-electron chi connectivity index (χ4n) is 2.88. The van der Waals surface area contributed by atoms with Gasteiger partial charge in [0, 0.05) is 37.7 Å². The molecule has 1 aromatic rings. The number of aromatic nitrogens is 1. The third-order valence-corrected chi connectivity index (χ3v) is 6.15. The van der Waals surface area contributed by atoms with E-state index in [4.69, 9.17) is 4.98 Å². The van der Waals surface area contributed by atoms with Gasteiger partial charge in [0.05, 0.1) is 5.56 Å². The second-order valence-electron chi connectivity index (χ2n) is 5.56. The predicted molar refractivity (Wildman–Crippen MR) is 97.3 cm³/mol. The molecule has 2 aliphatic heterocycles. The molecule has 4 nitrogen and oxygen atoms in total. The van der Waals surface area contributed by atoms with Crippen LogP contribution in [0.4, 0.5) is 11.6 Å². The molecule has 6 heteroatoms. The zero-order chi connectivity index (χ0) is 15.2. The minimum absolute atomic E-state index is 0.708. The van der Waals surface area contributed by atoms with Crippen LogP contribution in [0.5, 0.6) is 0 Å². The Morgan fingerprint density at radius 3 is 2.32 bits per heavy atom. The molecule has 2 fully saturated rings. The molecule has 0 bridgehead atoms. The Morgan fingerprint density at radius 1 is 0.909 bits per heavy atom. The van der Waals surface area contributed by atoms with Crippen molar-refractivity contribution in [1.82, 2.24) is 4.98 Å². The van der Waals surface area contributed by atoms with Crippen molar-refractivity contribution in [1.29, 1.82) is 5.26 Å². The molecule has 22 heavy (non-hydrogen) atoms. The summed E-state index contributed by atoms with van der Waals surface area (Å²) in [5, 5.41) is 9.43. The first kappa shape index (κ1) is 15.8. The fourth-order valence-corrected chi connectivity index (χ4v) is 4.65. The summed E-state index contributed by atoms with van der Waals surface area (Å²) in [5.41, 5.74) is 0.708. The number of hydrogen-bond acceptors (Lipinski definition) is 6. The number of anilines is 2. The molecule has 0 N–H and O–H groups in total. The summed E-state index contributed by atoms with van der Waals surface area (Å²) >= 11 is 4.02. The molecule has 0 radical (unpaired) electrons. The van der Waals surface area contributed by atoms with Gasteiger partial charge in [-0.1, -0.05) is 0 Å². The number of nitriles is 1. The highest BCUT2D eigenvalue weighted by Crippen LogP contribution is 2.25. The maximum Gasteiger partial charge on any atom is 0.149 e. The molecule has 0 atom stereocenters. The molecule has 1 aromatic heterocycles. The van der Waals surface area contributed by atoms with Crippen molar-refractivity contribution in [2.45, 2.75) is 12.8 Å². The summed E-state index contributed by atoms with van der Waals surface area (Å²) < 4.78 is 0. The summed E-state index contributed by atoms with van der Waals surface area (Å²) in [6.07, 6.45) is 2.38. The van der Waals surface area contributed by atoms with Crippen LogP contribution in [0.2, 0.25) is 0 Å². The maximum atomic E-state index is 9.43. The molecular weight excluding hydrogens is 312 g/mol. The van der Waals surface area contributed by atoms with Gasteiger partial charge in [-0.05, 0) is 36.5 Å². The smallest absolute Gasteiger partial charge is 0.149 e. The lowest BCUT2D eigenvalue weighted by Gasteiger charge is -2.26. The monoisotopic (exact) mass is 334 g/mol. The second-order valence-corrected chi connectivity index (χ2v) is 8.01. The Balaban J connectivity index is 1.86. The van der Waals surface area contributed by atoms with E-state index >= 15 is 0 Å². The Bertz CT molecular complexity index is 527. The van der Waals surface area contributed by atoms with Gasteiger partial charge in [-0.2, -0.15) is 28.8 Å². The zero-order valence-corrected chi connectivity index (χ0v) is 14.5. The predicted octanol–water partition coefficient (Wildman–Crippen LogP) is 2.84. The summed E-state index contributed by atoms with van der Waals surface area (Å²) in [6, 6.07) is 6.29. The Kier molecular flexibility index (Phi) is 5.74. The van der Waals surface area contributed by atoms with E-state index in [-0.39, 0.29) is 0 Å². The van der Waals surface area contributed by atoms with Gasteiger partial charge in [0.25, 0.3) is 0 Å². The zero-order valence-electron chi connectivity index (χ0n) is 12.8. The molecule has 2 saturated heterocycles. The van der Waals surface area contributed by atoms with Gasteiger partial charge in [-0.15, -0.1) is 0 Å². The van der Waals surface area contributed by atoms with Crippen LogP contribution in [0.15, 0.2) is 12.1 Å². The number of rotatable bonds is 2. The van der Waals surface area contributed by atoms with Gasteiger partial charge < -0.3 is 9.80 Å². The third kappa shape index (κ3) is 3.82. The summed E-state index contributed by atoms with van der Waals surface area (Å²) in [6.45, 7) is 4.12. The topological polar surface area (TPSA) is 43.2 Å². The standard InChI is InChI=1S/C16H22N4S2/c17-13-14-3-4-15(19-5-1-9-21-11-7-19)18-16(14)20-6-2-10-22-12-8-20/h3-4H,1-2,5-12H2. The molecule has 0 spiro atoms. The van der Waals surface area contributed by atoms with Gasteiger partial charge >= 0.3 is 0 Å². The SMILES string of the molecule is N#Cc1ccc(N2CCCSCC2)nc1N1CCCSCC1. The van der Waals surface area contributed by atoms with Crippen molar-refractivity contribution in [3.63, 3.8) is 0 Å². The van der Waals surface area contributed by atoms with Gasteiger partial charge in [0.2, 0.25) is 0 Å². The first-order chi connectivity index (χ1) is 10.9. The molecule has 0 aliphatic carbocycles. The van der Waals surface area contributed by atoms with Crippen molar-refractivity contribution in [2.75, 3.05) is 59.0 Å². The van der Waals surface area contributed by atoms with E-state index in [1.54, 1.807) is 0 Å². The van der Waals surface area contributed by atoms with Gasteiger partial charge in [-0.25, -0.2) is 4.98 Å². The molecule has 0 amide bonds. The van der Waals surface area contributed by atoms with Crippen molar-refractivity contribution >= 4 is 35.2 Å². The Morgan fingerprint density at radius 2 is 1.59 bits per heavy atom. The molecule has 118 valence electrons.